The predicted octanol–water partition coefficient (Wildman–Crippen LogP) is 3.70. The van der Waals surface area contributed by atoms with E-state index in [1.54, 1.807) is 0 Å². The van der Waals surface area contributed by atoms with Gasteiger partial charge in [-0.3, -0.25) is 4.98 Å². The molecule has 0 bridgehead atoms. The number of hydrogen-bond acceptors (Lipinski definition) is 3. The molecular formula is C17H24N2O. The average molecular weight is 272 g/mol. The summed E-state index contributed by atoms with van der Waals surface area (Å²) in [4.78, 5) is 4.56. The largest absolute Gasteiger partial charge is 0.374 e. The Balaban J connectivity index is 2.54. The standard InChI is InChI=1S/C17H24N2O/c1-5-17(3,20-6-2)16(18-4)14-11-7-9-13-10-8-12-19-15(13)14/h7-12,16,18H,5-6H2,1-4H3. The third-order valence-corrected chi connectivity index (χ3v) is 4.05. The predicted molar refractivity (Wildman–Crippen MR) is 83.9 cm³/mol. The van der Waals surface area contributed by atoms with Crippen molar-refractivity contribution in [3.63, 3.8) is 0 Å². The van der Waals surface area contributed by atoms with Crippen molar-refractivity contribution in [2.45, 2.75) is 38.8 Å². The molecule has 2 atom stereocenters. The van der Waals surface area contributed by atoms with Crippen LogP contribution in [0.3, 0.4) is 0 Å². The molecule has 0 aliphatic rings. The van der Waals surface area contributed by atoms with E-state index >= 15 is 0 Å². The van der Waals surface area contributed by atoms with Crippen molar-refractivity contribution < 1.29 is 4.74 Å². The van der Waals surface area contributed by atoms with E-state index in [9.17, 15) is 0 Å². The van der Waals surface area contributed by atoms with E-state index in [1.165, 1.54) is 10.9 Å². The third kappa shape index (κ3) is 2.69. The summed E-state index contributed by atoms with van der Waals surface area (Å²) in [5.74, 6) is 0. The first kappa shape index (κ1) is 14.9. The second-order valence-electron chi connectivity index (χ2n) is 5.24. The van der Waals surface area contributed by atoms with Gasteiger partial charge in [0.15, 0.2) is 0 Å². The van der Waals surface area contributed by atoms with Crippen molar-refractivity contribution >= 4 is 10.9 Å². The van der Waals surface area contributed by atoms with Gasteiger partial charge in [0, 0.05) is 18.2 Å². The summed E-state index contributed by atoms with van der Waals surface area (Å²) in [6, 6.07) is 10.5. The van der Waals surface area contributed by atoms with Gasteiger partial charge in [0.2, 0.25) is 0 Å². The second kappa shape index (κ2) is 6.33. The van der Waals surface area contributed by atoms with E-state index in [2.05, 4.69) is 48.4 Å². The topological polar surface area (TPSA) is 34.1 Å². The lowest BCUT2D eigenvalue weighted by Gasteiger charge is -2.37. The van der Waals surface area contributed by atoms with E-state index in [0.29, 0.717) is 6.61 Å². The lowest BCUT2D eigenvalue weighted by molar-refractivity contribution is -0.0544. The summed E-state index contributed by atoms with van der Waals surface area (Å²) in [6.45, 7) is 7.08. The molecule has 2 unspecified atom stereocenters. The molecule has 1 heterocycles. The van der Waals surface area contributed by atoms with Gasteiger partial charge in [0.25, 0.3) is 0 Å². The van der Waals surface area contributed by atoms with Gasteiger partial charge in [-0.1, -0.05) is 31.2 Å². The van der Waals surface area contributed by atoms with Gasteiger partial charge in [0.1, 0.15) is 0 Å². The molecule has 2 aromatic rings. The molecule has 1 aromatic carbocycles. The maximum absolute atomic E-state index is 6.04. The van der Waals surface area contributed by atoms with Crippen LogP contribution in [0.5, 0.6) is 0 Å². The summed E-state index contributed by atoms with van der Waals surface area (Å²) < 4.78 is 6.04. The second-order valence-corrected chi connectivity index (χ2v) is 5.24. The number of hydrogen-bond donors (Lipinski definition) is 1. The van der Waals surface area contributed by atoms with Gasteiger partial charge in [0.05, 0.1) is 17.2 Å². The molecule has 0 amide bonds. The third-order valence-electron chi connectivity index (χ3n) is 4.05. The Hall–Kier alpha value is -1.45. The van der Waals surface area contributed by atoms with Crippen molar-refractivity contribution in [1.82, 2.24) is 10.3 Å². The van der Waals surface area contributed by atoms with Crippen LogP contribution >= 0.6 is 0 Å². The summed E-state index contributed by atoms with van der Waals surface area (Å²) in [5.41, 5.74) is 2.01. The zero-order valence-corrected chi connectivity index (χ0v) is 12.8. The summed E-state index contributed by atoms with van der Waals surface area (Å²) >= 11 is 0. The van der Waals surface area contributed by atoms with E-state index in [1.807, 2.05) is 26.2 Å². The van der Waals surface area contributed by atoms with Crippen LogP contribution in [-0.2, 0) is 4.74 Å². The van der Waals surface area contributed by atoms with Crippen molar-refractivity contribution in [2.75, 3.05) is 13.7 Å². The fourth-order valence-corrected chi connectivity index (χ4v) is 2.87. The minimum Gasteiger partial charge on any atom is -0.374 e. The van der Waals surface area contributed by atoms with Crippen LogP contribution in [0.4, 0.5) is 0 Å². The molecule has 0 saturated heterocycles. The Morgan fingerprint density at radius 2 is 2.00 bits per heavy atom. The van der Waals surface area contributed by atoms with Crippen molar-refractivity contribution in [2.24, 2.45) is 0 Å². The number of aromatic nitrogens is 1. The zero-order valence-electron chi connectivity index (χ0n) is 12.8. The molecule has 3 nitrogen and oxygen atoms in total. The van der Waals surface area contributed by atoms with Crippen LogP contribution in [0, 0.1) is 0 Å². The molecular weight excluding hydrogens is 248 g/mol. The Bertz CT molecular complexity index is 564. The van der Waals surface area contributed by atoms with E-state index < -0.39 is 0 Å². The smallest absolute Gasteiger partial charge is 0.0846 e. The Labute approximate surface area is 121 Å². The normalized spacial score (nSPS) is 16.0. The number of pyridine rings is 1. The van der Waals surface area contributed by atoms with Crippen LogP contribution < -0.4 is 5.32 Å². The lowest BCUT2D eigenvalue weighted by atomic mass is 9.86. The van der Waals surface area contributed by atoms with Crippen molar-refractivity contribution in [3.05, 3.63) is 42.1 Å². The SMILES string of the molecule is CCOC(C)(CC)C(NC)c1cccc2cccnc12. The molecule has 0 fully saturated rings. The number of nitrogens with zero attached hydrogens (tertiary/aromatic N) is 1. The first-order chi connectivity index (χ1) is 9.66. The molecule has 0 saturated carbocycles. The van der Waals surface area contributed by atoms with E-state index in [4.69, 9.17) is 4.74 Å². The summed E-state index contributed by atoms with van der Waals surface area (Å²) in [7, 11) is 1.99. The Kier molecular flexibility index (Phi) is 4.73. The number of likely N-dealkylation sites (N-methyl/N-ethyl adjacent to an activating group) is 1. The molecule has 0 aliphatic heterocycles. The van der Waals surface area contributed by atoms with Crippen LogP contribution in [0.1, 0.15) is 38.8 Å². The van der Waals surface area contributed by atoms with Gasteiger partial charge in [-0.15, -0.1) is 0 Å². The highest BCUT2D eigenvalue weighted by molar-refractivity contribution is 5.82. The van der Waals surface area contributed by atoms with Gasteiger partial charge in [-0.05, 0) is 38.9 Å². The number of rotatable bonds is 6. The van der Waals surface area contributed by atoms with Crippen LogP contribution in [0.2, 0.25) is 0 Å². The molecule has 0 radical (unpaired) electrons. The molecule has 20 heavy (non-hydrogen) atoms. The highest BCUT2D eigenvalue weighted by Crippen LogP contribution is 2.34. The molecule has 108 valence electrons. The Morgan fingerprint density at radius 1 is 1.25 bits per heavy atom. The van der Waals surface area contributed by atoms with Crippen molar-refractivity contribution in [3.8, 4) is 0 Å². The number of para-hydroxylation sites is 1. The first-order valence-corrected chi connectivity index (χ1v) is 7.31. The molecule has 0 aliphatic carbocycles. The molecule has 3 heteroatoms. The molecule has 1 N–H and O–H groups in total. The van der Waals surface area contributed by atoms with E-state index in [-0.39, 0.29) is 11.6 Å². The number of nitrogens with one attached hydrogen (secondary N) is 1. The fraction of sp³-hybridized carbons (Fsp3) is 0.471. The minimum absolute atomic E-state index is 0.117. The van der Waals surface area contributed by atoms with Crippen LogP contribution in [0.15, 0.2) is 36.5 Å². The Morgan fingerprint density at radius 3 is 2.65 bits per heavy atom. The van der Waals surface area contributed by atoms with Gasteiger partial charge in [-0.2, -0.15) is 0 Å². The maximum atomic E-state index is 6.04. The first-order valence-electron chi connectivity index (χ1n) is 7.31. The highest BCUT2D eigenvalue weighted by atomic mass is 16.5. The molecule has 1 aromatic heterocycles. The zero-order chi connectivity index (χ0) is 14.6. The van der Waals surface area contributed by atoms with Crippen molar-refractivity contribution in [1.29, 1.82) is 0 Å². The number of fused-ring (bicyclic) bond motifs is 1. The summed E-state index contributed by atoms with van der Waals surface area (Å²) in [6.07, 6.45) is 2.79. The fourth-order valence-electron chi connectivity index (χ4n) is 2.87. The average Bonchev–Trinajstić information content (AvgIpc) is 2.48. The van der Waals surface area contributed by atoms with Crippen LogP contribution in [0.25, 0.3) is 10.9 Å². The van der Waals surface area contributed by atoms with Gasteiger partial charge >= 0.3 is 0 Å². The van der Waals surface area contributed by atoms with E-state index in [0.717, 1.165) is 11.9 Å². The summed E-state index contributed by atoms with van der Waals surface area (Å²) in [5, 5.41) is 4.59. The number of ether oxygens (including phenoxy) is 1. The monoisotopic (exact) mass is 272 g/mol. The number of benzene rings is 1. The lowest BCUT2D eigenvalue weighted by Crippen LogP contribution is -2.42. The van der Waals surface area contributed by atoms with Gasteiger partial charge < -0.3 is 10.1 Å². The highest BCUT2D eigenvalue weighted by Gasteiger charge is 2.34. The van der Waals surface area contributed by atoms with Gasteiger partial charge in [-0.25, -0.2) is 0 Å². The maximum Gasteiger partial charge on any atom is 0.0846 e. The minimum atomic E-state index is -0.241. The molecule has 0 spiro atoms. The van der Waals surface area contributed by atoms with Crippen LogP contribution in [-0.4, -0.2) is 24.2 Å². The molecule has 2 rings (SSSR count). The quantitative estimate of drug-likeness (QED) is 0.870.